The van der Waals surface area contributed by atoms with Crippen molar-refractivity contribution in [3.8, 4) is 45.3 Å². The molecule has 6 nitrogen and oxygen atoms in total. The summed E-state index contributed by atoms with van der Waals surface area (Å²) in [5.41, 5.74) is 20.4. The van der Waals surface area contributed by atoms with Crippen LogP contribution in [-0.4, -0.2) is 14.1 Å². The average molecular weight is 1320 g/mol. The molecular formula is C80H78N5OPt-3. The van der Waals surface area contributed by atoms with Gasteiger partial charge in [-0.25, -0.2) is 4.98 Å². The average Bonchev–Trinajstić information content (AvgIpc) is 1.65. The van der Waals surface area contributed by atoms with E-state index in [2.05, 4.69) is 318 Å². The number of rotatable bonds is 8. The largest absolute Gasteiger partial charge is 0.509 e. The second kappa shape index (κ2) is 21.6. The number of anilines is 4. The third kappa shape index (κ3) is 11.0. The Balaban J connectivity index is 0.00000739. The van der Waals surface area contributed by atoms with Crippen LogP contribution in [0.1, 0.15) is 132 Å². The first-order valence-electron chi connectivity index (χ1n) is 30.4. The van der Waals surface area contributed by atoms with Gasteiger partial charge in [-0.15, -0.1) is 48.1 Å². The number of hydrogen-bond acceptors (Lipinski definition) is 4. The van der Waals surface area contributed by atoms with Gasteiger partial charge in [-0.2, -0.15) is 12.1 Å². The minimum atomic E-state index is -0.0840. The summed E-state index contributed by atoms with van der Waals surface area (Å²) in [6, 6.07) is 76.6. The minimum Gasteiger partial charge on any atom is -0.509 e. The first-order valence-corrected chi connectivity index (χ1v) is 30.4. The number of para-hydroxylation sites is 3. The molecule has 0 fully saturated rings. The predicted octanol–water partition coefficient (Wildman–Crippen LogP) is 21.9. The molecule has 12 aromatic rings. The third-order valence-corrected chi connectivity index (χ3v) is 17.4. The van der Waals surface area contributed by atoms with Crippen LogP contribution in [0.5, 0.6) is 11.5 Å². The number of aromatic nitrogens is 3. The number of pyridine rings is 1. The fraction of sp³-hybridized carbons (Fsp3) is 0.250. The van der Waals surface area contributed by atoms with Gasteiger partial charge in [0.1, 0.15) is 5.82 Å². The number of hydrogen-bond donors (Lipinski definition) is 0. The molecule has 3 aromatic heterocycles. The monoisotopic (exact) mass is 1320 g/mol. The van der Waals surface area contributed by atoms with Gasteiger partial charge in [0.05, 0.1) is 11.0 Å². The van der Waals surface area contributed by atoms with Gasteiger partial charge in [0.2, 0.25) is 0 Å². The molecule has 0 N–H and O–H groups in total. The maximum absolute atomic E-state index is 6.93. The molecule has 0 bridgehead atoms. The van der Waals surface area contributed by atoms with Crippen molar-refractivity contribution < 1.29 is 25.8 Å². The van der Waals surface area contributed by atoms with E-state index in [0.717, 1.165) is 67.2 Å². The van der Waals surface area contributed by atoms with E-state index in [1.807, 2.05) is 18.3 Å². The quantitative estimate of drug-likeness (QED) is 0.142. The zero-order valence-corrected chi connectivity index (χ0v) is 55.3. The normalized spacial score (nSPS) is 13.3. The van der Waals surface area contributed by atoms with Crippen molar-refractivity contribution in [2.45, 2.75) is 131 Å². The number of benzene rings is 9. The van der Waals surface area contributed by atoms with Crippen molar-refractivity contribution in [3.05, 3.63) is 241 Å². The maximum Gasteiger partial charge on any atom is 0.135 e. The Labute approximate surface area is 529 Å². The van der Waals surface area contributed by atoms with Crippen molar-refractivity contribution in [1.29, 1.82) is 0 Å². The van der Waals surface area contributed by atoms with E-state index in [-0.39, 0.29) is 48.1 Å². The maximum atomic E-state index is 6.93. The van der Waals surface area contributed by atoms with Crippen LogP contribution < -0.4 is 14.5 Å². The molecule has 9 aromatic carbocycles. The molecule has 4 heterocycles. The van der Waals surface area contributed by atoms with E-state index in [1.54, 1.807) is 0 Å². The Morgan fingerprint density at radius 1 is 0.391 bits per heavy atom. The summed E-state index contributed by atoms with van der Waals surface area (Å²) in [6.45, 7) is 36.6. The minimum absolute atomic E-state index is 0. The van der Waals surface area contributed by atoms with Crippen molar-refractivity contribution >= 4 is 66.4 Å². The van der Waals surface area contributed by atoms with Crippen molar-refractivity contribution in [2.24, 2.45) is 0 Å². The van der Waals surface area contributed by atoms with Gasteiger partial charge >= 0.3 is 0 Å². The van der Waals surface area contributed by atoms with Crippen LogP contribution in [0, 0.1) is 18.8 Å². The second-order valence-electron chi connectivity index (χ2n) is 28.8. The molecule has 0 unspecified atom stereocenters. The summed E-state index contributed by atoms with van der Waals surface area (Å²) in [5.74, 6) is 2.01. The van der Waals surface area contributed by atoms with E-state index in [0.29, 0.717) is 11.5 Å². The van der Waals surface area contributed by atoms with Crippen LogP contribution in [0.3, 0.4) is 0 Å². The fourth-order valence-corrected chi connectivity index (χ4v) is 12.3. The van der Waals surface area contributed by atoms with E-state index >= 15 is 0 Å². The smallest absolute Gasteiger partial charge is 0.135 e. The molecule has 0 spiro atoms. The molecule has 1 aliphatic heterocycles. The molecule has 0 saturated heterocycles. The fourth-order valence-electron chi connectivity index (χ4n) is 12.3. The summed E-state index contributed by atoms with van der Waals surface area (Å²) in [5, 5.41) is 4.70. The Kier molecular flexibility index (Phi) is 14.7. The molecule has 7 heteroatoms. The van der Waals surface area contributed by atoms with Crippen molar-refractivity contribution in [1.82, 2.24) is 14.1 Å². The Morgan fingerprint density at radius 2 is 0.943 bits per heavy atom. The van der Waals surface area contributed by atoms with Crippen LogP contribution in [0.2, 0.25) is 0 Å². The Hall–Kier alpha value is -8.18. The van der Waals surface area contributed by atoms with E-state index in [4.69, 9.17) is 9.72 Å². The van der Waals surface area contributed by atoms with Gasteiger partial charge in [-0.1, -0.05) is 206 Å². The number of ether oxygens (including phenoxy) is 1. The molecule has 442 valence electrons. The van der Waals surface area contributed by atoms with Crippen molar-refractivity contribution in [2.75, 3.05) is 9.80 Å². The van der Waals surface area contributed by atoms with Crippen LogP contribution >= 0.6 is 0 Å². The zero-order valence-electron chi connectivity index (χ0n) is 53.0. The summed E-state index contributed by atoms with van der Waals surface area (Å²) >= 11 is 0. The van der Waals surface area contributed by atoms with E-state index in [1.165, 1.54) is 60.8 Å². The zero-order chi connectivity index (χ0) is 60.4. The van der Waals surface area contributed by atoms with Gasteiger partial charge in [0.15, 0.2) is 0 Å². The summed E-state index contributed by atoms with van der Waals surface area (Å²) in [4.78, 5) is 9.69. The molecule has 0 saturated carbocycles. The van der Waals surface area contributed by atoms with Gasteiger partial charge < -0.3 is 23.7 Å². The van der Waals surface area contributed by atoms with Crippen LogP contribution in [0.25, 0.3) is 77.4 Å². The number of fused-ring (bicyclic) bond motifs is 7. The predicted molar refractivity (Wildman–Crippen MR) is 363 cm³/mol. The molecule has 1 aliphatic rings. The first kappa shape index (κ1) is 59.2. The van der Waals surface area contributed by atoms with Crippen LogP contribution in [0.4, 0.5) is 22.7 Å². The van der Waals surface area contributed by atoms with Crippen molar-refractivity contribution in [3.63, 3.8) is 0 Å². The summed E-state index contributed by atoms with van der Waals surface area (Å²) in [7, 11) is 0. The van der Waals surface area contributed by atoms with Crippen LogP contribution in [0.15, 0.2) is 194 Å². The molecular weight excluding hydrogens is 1240 g/mol. The topological polar surface area (TPSA) is 38.5 Å². The summed E-state index contributed by atoms with van der Waals surface area (Å²) in [6.07, 6.45) is 1.93. The van der Waals surface area contributed by atoms with Gasteiger partial charge in [-0.3, -0.25) is 0 Å². The first-order chi connectivity index (χ1) is 40.8. The van der Waals surface area contributed by atoms with Gasteiger partial charge in [-0.05, 0) is 138 Å². The molecule has 87 heavy (non-hydrogen) atoms. The third-order valence-electron chi connectivity index (χ3n) is 17.4. The number of nitrogens with zero attached hydrogens (tertiary/aromatic N) is 5. The second-order valence-corrected chi connectivity index (χ2v) is 28.8. The molecule has 0 amide bonds. The van der Waals surface area contributed by atoms with E-state index in [9.17, 15) is 0 Å². The van der Waals surface area contributed by atoms with Crippen LogP contribution in [-0.2, 0) is 48.1 Å². The van der Waals surface area contributed by atoms with Gasteiger partial charge in [0.25, 0.3) is 0 Å². The Bertz CT molecular complexity index is 4500. The standard InChI is InChI=1S/C80H78N5O.Pt/c1-76(2,3)54-38-39-81-74(47-54)85-71-37-32-52(53-40-55(77(4,5)6)43-56(41-53)78(7,8)9)42-68(71)67-36-35-63(49-73(67)85)86-62-23-20-22-60(48-62)82-50-83(61-45-57(79(10,11)12)44-58(46-61)80(13,14)15)75-64(26-21-29-72(75)82)51-30-33-59(34-31-51)84-69-27-18-16-24-65(69)66-25-17-19-28-70(66)84;/h16-47,50H,1-15H3;/q-3;. The molecule has 13 rings (SSSR count). The summed E-state index contributed by atoms with van der Waals surface area (Å²) < 4.78 is 11.6. The van der Waals surface area contributed by atoms with E-state index < -0.39 is 0 Å². The molecule has 0 aliphatic carbocycles. The Morgan fingerprint density at radius 3 is 1.55 bits per heavy atom. The molecule has 0 radical (unpaired) electrons. The molecule has 0 atom stereocenters. The van der Waals surface area contributed by atoms with Gasteiger partial charge in [0, 0.05) is 83.4 Å². The SMILES string of the molecule is CC(C)(C)c1cc(-c2ccc3c(c2)c2ccc(Oc4[c-]c(N5[CH-]N(c6cc(C(C)(C)C)cc(C(C)(C)C)c6)c6c(-c7ccc(-n8c9ccccc9c9ccccc98)cc7)cccc65)ccc4)[c-]c2n3-c2cc(C(C)(C)C)ccn2)cc(C(C)(C)C)c1.[Pt].